The third kappa shape index (κ3) is 4.56. The maximum absolute atomic E-state index is 12.0. The summed E-state index contributed by atoms with van der Waals surface area (Å²) in [6.45, 7) is 12.8. The van der Waals surface area contributed by atoms with E-state index in [1.54, 1.807) is 6.08 Å². The van der Waals surface area contributed by atoms with E-state index in [4.69, 9.17) is 9.47 Å². The minimum Gasteiger partial charge on any atom is -0.463 e. The maximum Gasteiger partial charge on any atom is 0.306 e. The smallest absolute Gasteiger partial charge is 0.306 e. The minimum absolute atomic E-state index is 0.101. The van der Waals surface area contributed by atoms with E-state index in [2.05, 4.69) is 39.5 Å². The van der Waals surface area contributed by atoms with Crippen LogP contribution in [-0.2, 0) is 19.1 Å². The van der Waals surface area contributed by atoms with E-state index in [1.165, 1.54) is 32.6 Å². The van der Waals surface area contributed by atoms with Crippen LogP contribution in [0.5, 0.6) is 0 Å². The van der Waals surface area contributed by atoms with Gasteiger partial charge in [-0.3, -0.25) is 9.59 Å². The highest BCUT2D eigenvalue weighted by Gasteiger charge is 2.59. The molecular formula is C29H44O4. The topological polar surface area (TPSA) is 52.6 Å². The van der Waals surface area contributed by atoms with Crippen LogP contribution in [0, 0.1) is 46.3 Å². The molecule has 0 aromatic carbocycles. The quantitative estimate of drug-likeness (QED) is 0.324. The molecule has 184 valence electrons. The Balaban J connectivity index is 1.45. The average molecular weight is 457 g/mol. The number of hydrogen-bond acceptors (Lipinski definition) is 4. The number of fused-ring (bicyclic) bond motifs is 5. The van der Waals surface area contributed by atoms with Crippen molar-refractivity contribution in [3.63, 3.8) is 0 Å². The lowest BCUT2D eigenvalue weighted by atomic mass is 9.46. The first-order valence-electron chi connectivity index (χ1n) is 13.3. The van der Waals surface area contributed by atoms with Crippen molar-refractivity contribution in [2.75, 3.05) is 6.61 Å². The molecule has 0 bridgehead atoms. The third-order valence-corrected chi connectivity index (χ3v) is 10.3. The van der Waals surface area contributed by atoms with Crippen LogP contribution >= 0.6 is 0 Å². The van der Waals surface area contributed by atoms with Gasteiger partial charge in [0.1, 0.15) is 12.7 Å². The molecule has 4 heteroatoms. The van der Waals surface area contributed by atoms with Gasteiger partial charge in [-0.15, -0.1) is 0 Å². The van der Waals surface area contributed by atoms with Gasteiger partial charge in [-0.1, -0.05) is 45.6 Å². The Morgan fingerprint density at radius 3 is 2.70 bits per heavy atom. The first kappa shape index (κ1) is 24.5. The van der Waals surface area contributed by atoms with E-state index >= 15 is 0 Å². The van der Waals surface area contributed by atoms with Crippen molar-refractivity contribution < 1.29 is 19.1 Å². The highest BCUT2D eigenvalue weighted by atomic mass is 16.5. The molecule has 9 atom stereocenters. The lowest BCUT2D eigenvalue weighted by molar-refractivity contribution is -0.154. The second kappa shape index (κ2) is 9.58. The number of hydrogen-bond donors (Lipinski definition) is 0. The third-order valence-electron chi connectivity index (χ3n) is 10.3. The number of carbonyl (C=O) groups excluding carboxylic acids is 2. The van der Waals surface area contributed by atoms with Crippen LogP contribution in [-0.4, -0.2) is 24.6 Å². The van der Waals surface area contributed by atoms with Crippen LogP contribution in [0.25, 0.3) is 0 Å². The van der Waals surface area contributed by atoms with Gasteiger partial charge in [0.25, 0.3) is 0 Å². The van der Waals surface area contributed by atoms with Gasteiger partial charge in [0.2, 0.25) is 0 Å². The Kier molecular flexibility index (Phi) is 7.13. The summed E-state index contributed by atoms with van der Waals surface area (Å²) in [7, 11) is 0. The Morgan fingerprint density at radius 1 is 1.18 bits per heavy atom. The Morgan fingerprint density at radius 2 is 1.97 bits per heavy atom. The molecular weight excluding hydrogens is 412 g/mol. The van der Waals surface area contributed by atoms with Gasteiger partial charge in [-0.05, 0) is 97.7 Å². The molecule has 0 heterocycles. The van der Waals surface area contributed by atoms with E-state index in [-0.39, 0.29) is 23.5 Å². The molecule has 4 aliphatic rings. The van der Waals surface area contributed by atoms with E-state index < -0.39 is 0 Å². The summed E-state index contributed by atoms with van der Waals surface area (Å²) in [5.41, 5.74) is 0.569. The molecule has 0 aromatic heterocycles. The lowest BCUT2D eigenvalue weighted by Gasteiger charge is -2.59. The van der Waals surface area contributed by atoms with E-state index in [0.29, 0.717) is 42.1 Å². The molecule has 33 heavy (non-hydrogen) atoms. The van der Waals surface area contributed by atoms with Crippen LogP contribution in [0.1, 0.15) is 85.5 Å². The summed E-state index contributed by atoms with van der Waals surface area (Å²) in [4.78, 5) is 23.5. The van der Waals surface area contributed by atoms with Crippen molar-refractivity contribution in [1.29, 1.82) is 0 Å². The molecule has 4 rings (SSSR count). The average Bonchev–Trinajstić information content (AvgIpc) is 3.13. The van der Waals surface area contributed by atoms with E-state index in [9.17, 15) is 9.59 Å². The van der Waals surface area contributed by atoms with Crippen molar-refractivity contribution in [3.05, 3.63) is 24.8 Å². The maximum atomic E-state index is 12.0. The van der Waals surface area contributed by atoms with Crippen molar-refractivity contribution in [1.82, 2.24) is 0 Å². The predicted molar refractivity (Wildman–Crippen MR) is 130 cm³/mol. The summed E-state index contributed by atoms with van der Waals surface area (Å²) in [5, 5.41) is 0. The number of allylic oxidation sites excluding steroid dienone is 2. The van der Waals surface area contributed by atoms with Crippen LogP contribution in [0.2, 0.25) is 0 Å². The molecule has 0 amide bonds. The van der Waals surface area contributed by atoms with Crippen molar-refractivity contribution >= 4 is 11.9 Å². The van der Waals surface area contributed by atoms with E-state index in [0.717, 1.165) is 37.5 Å². The highest BCUT2D eigenvalue weighted by molar-refractivity contribution is 5.69. The van der Waals surface area contributed by atoms with Crippen molar-refractivity contribution in [3.8, 4) is 0 Å². The lowest BCUT2D eigenvalue weighted by Crippen LogP contribution is -2.52. The zero-order chi connectivity index (χ0) is 23.8. The van der Waals surface area contributed by atoms with Gasteiger partial charge in [0.15, 0.2) is 0 Å². The number of esters is 2. The molecule has 4 unspecified atom stereocenters. The molecule has 0 spiro atoms. The van der Waals surface area contributed by atoms with Gasteiger partial charge in [0, 0.05) is 13.3 Å². The molecule has 0 saturated heterocycles. The largest absolute Gasteiger partial charge is 0.463 e. The van der Waals surface area contributed by atoms with Gasteiger partial charge in [0.05, 0.1) is 0 Å². The molecule has 4 nitrogen and oxygen atoms in total. The van der Waals surface area contributed by atoms with Gasteiger partial charge in [-0.25, -0.2) is 0 Å². The number of carbonyl (C=O) groups is 2. The van der Waals surface area contributed by atoms with Crippen LogP contribution < -0.4 is 0 Å². The fraction of sp³-hybridized carbons (Fsp3) is 0.793. The zero-order valence-electron chi connectivity index (χ0n) is 21.2. The molecule has 0 N–H and O–H groups in total. The van der Waals surface area contributed by atoms with Crippen LogP contribution in [0.15, 0.2) is 24.8 Å². The summed E-state index contributed by atoms with van der Waals surface area (Å²) >= 11 is 0. The second-order valence-electron chi connectivity index (χ2n) is 12.0. The highest BCUT2D eigenvalue weighted by Crippen LogP contribution is 2.66. The summed E-state index contributed by atoms with van der Waals surface area (Å²) in [6, 6.07) is 0. The SMILES string of the molecule is C=CCOC(=O)CC[C@@H](C)C1CC[C@H]2C3CC[C@@H]4C[C@H](OC(C)=O)CCC4(C)[C@H]3C=CC12C. The van der Waals surface area contributed by atoms with Crippen LogP contribution in [0.3, 0.4) is 0 Å². The number of ether oxygens (including phenoxy) is 2. The molecule has 3 fully saturated rings. The standard InChI is InChI=1S/C29H44O4/c1-6-17-32-27(31)12-7-19(2)24-10-11-25-23-9-8-21-18-22(33-20(3)30)13-15-28(21,4)26(23)14-16-29(24,25)5/h6,14,16,19,21-26H,1,7-13,15,17-18H2,2-5H3/t19-,21-,22-,23?,24?,25+,26+,28?,29?/m1/s1. The second-order valence-corrected chi connectivity index (χ2v) is 12.0. The predicted octanol–water partition coefficient (Wildman–Crippen LogP) is 6.50. The first-order chi connectivity index (χ1) is 15.7. The summed E-state index contributed by atoms with van der Waals surface area (Å²) < 4.78 is 10.8. The normalized spacial score (nSPS) is 42.4. The van der Waals surface area contributed by atoms with E-state index in [1.807, 2.05) is 0 Å². The Bertz CT molecular complexity index is 786. The molecule has 0 aliphatic heterocycles. The van der Waals surface area contributed by atoms with Gasteiger partial charge >= 0.3 is 11.9 Å². The first-order valence-corrected chi connectivity index (χ1v) is 13.3. The van der Waals surface area contributed by atoms with Crippen molar-refractivity contribution in [2.45, 2.75) is 91.6 Å². The zero-order valence-corrected chi connectivity index (χ0v) is 21.2. The fourth-order valence-electron chi connectivity index (χ4n) is 8.64. The Hall–Kier alpha value is -1.58. The molecule has 0 radical (unpaired) electrons. The number of rotatable bonds is 7. The molecule has 4 aliphatic carbocycles. The monoisotopic (exact) mass is 456 g/mol. The van der Waals surface area contributed by atoms with Gasteiger partial charge < -0.3 is 9.47 Å². The fourth-order valence-corrected chi connectivity index (χ4v) is 8.64. The molecule has 0 aromatic rings. The summed E-state index contributed by atoms with van der Waals surface area (Å²) in [6.07, 6.45) is 16.7. The summed E-state index contributed by atoms with van der Waals surface area (Å²) in [5.74, 6) is 3.74. The minimum atomic E-state index is -0.134. The van der Waals surface area contributed by atoms with Gasteiger partial charge in [-0.2, -0.15) is 0 Å². The van der Waals surface area contributed by atoms with Crippen molar-refractivity contribution in [2.24, 2.45) is 46.3 Å². The van der Waals surface area contributed by atoms with Crippen LogP contribution in [0.4, 0.5) is 0 Å². The molecule has 3 saturated carbocycles. The Labute approximate surface area is 200 Å².